The van der Waals surface area contributed by atoms with E-state index >= 15 is 0 Å². The number of nitrogens with two attached hydrogens (primary N) is 1. The number of rotatable bonds is 3. The topological polar surface area (TPSA) is 69.4 Å². The molecule has 78 valence electrons. The molecule has 6 heteroatoms. The summed E-state index contributed by atoms with van der Waals surface area (Å²) in [6.07, 6.45) is 0. The van der Waals surface area contributed by atoms with Gasteiger partial charge in [-0.1, -0.05) is 0 Å². The zero-order valence-electron chi connectivity index (χ0n) is 7.23. The lowest BCUT2D eigenvalue weighted by atomic mass is 10.3. The van der Waals surface area contributed by atoms with Gasteiger partial charge in [0.05, 0.1) is 11.5 Å². The monoisotopic (exact) mass is 231 g/mol. The summed E-state index contributed by atoms with van der Waals surface area (Å²) in [6.45, 7) is 1.75. The van der Waals surface area contributed by atoms with Gasteiger partial charge in [0.2, 0.25) is 0 Å². The zero-order chi connectivity index (χ0) is 9.90. The van der Waals surface area contributed by atoms with Crippen molar-refractivity contribution in [1.82, 2.24) is 0 Å². The molecule has 0 radical (unpaired) electrons. The quantitative estimate of drug-likeness (QED) is 0.445. The SMILES string of the molecule is CCOS(=O)(=O)c1ccc(N)cc1.[AlH3]. The summed E-state index contributed by atoms with van der Waals surface area (Å²) < 4.78 is 27.1. The van der Waals surface area contributed by atoms with E-state index in [1.165, 1.54) is 24.3 Å². The van der Waals surface area contributed by atoms with Crippen LogP contribution in [-0.2, 0) is 14.3 Å². The Morgan fingerprint density at radius 1 is 1.29 bits per heavy atom. The molecule has 0 aliphatic rings. The van der Waals surface area contributed by atoms with Crippen LogP contribution in [0.5, 0.6) is 0 Å². The van der Waals surface area contributed by atoms with E-state index in [4.69, 9.17) is 5.73 Å². The van der Waals surface area contributed by atoms with Crippen molar-refractivity contribution in [2.45, 2.75) is 11.8 Å². The largest absolute Gasteiger partial charge is 0.399 e. The van der Waals surface area contributed by atoms with Crippen LogP contribution in [0.1, 0.15) is 6.92 Å². The van der Waals surface area contributed by atoms with E-state index in [0.717, 1.165) is 0 Å². The van der Waals surface area contributed by atoms with Crippen LogP contribution >= 0.6 is 0 Å². The predicted molar refractivity (Wildman–Crippen MR) is 59.6 cm³/mol. The van der Waals surface area contributed by atoms with Crippen molar-refractivity contribution >= 4 is 33.2 Å². The highest BCUT2D eigenvalue weighted by Gasteiger charge is 2.12. The van der Waals surface area contributed by atoms with E-state index in [1.54, 1.807) is 6.92 Å². The molecule has 0 aliphatic carbocycles. The fraction of sp³-hybridized carbons (Fsp3) is 0.250. The summed E-state index contributed by atoms with van der Waals surface area (Å²) in [7, 11) is -3.58. The number of anilines is 1. The van der Waals surface area contributed by atoms with Gasteiger partial charge in [0, 0.05) is 5.69 Å². The van der Waals surface area contributed by atoms with Gasteiger partial charge in [0.15, 0.2) is 17.4 Å². The van der Waals surface area contributed by atoms with E-state index in [9.17, 15) is 8.42 Å². The molecule has 0 fully saturated rings. The normalized spacial score (nSPS) is 10.6. The van der Waals surface area contributed by atoms with Crippen LogP contribution in [-0.4, -0.2) is 32.4 Å². The molecule has 1 aromatic rings. The molecule has 1 aromatic carbocycles. The molecule has 0 saturated heterocycles. The van der Waals surface area contributed by atoms with Crippen molar-refractivity contribution in [3.05, 3.63) is 24.3 Å². The Hall–Kier alpha value is -0.538. The van der Waals surface area contributed by atoms with Gasteiger partial charge in [-0.25, -0.2) is 0 Å². The van der Waals surface area contributed by atoms with Gasteiger partial charge in [-0.3, -0.25) is 4.18 Å². The van der Waals surface area contributed by atoms with Crippen molar-refractivity contribution in [2.75, 3.05) is 12.3 Å². The maximum absolute atomic E-state index is 11.3. The Bertz CT molecular complexity index is 374. The third-order valence-electron chi connectivity index (χ3n) is 1.44. The first-order chi connectivity index (χ1) is 6.06. The molecule has 2 N–H and O–H groups in total. The lowest BCUT2D eigenvalue weighted by Crippen LogP contribution is -2.05. The second-order valence-corrected chi connectivity index (χ2v) is 4.05. The molecule has 4 nitrogen and oxygen atoms in total. The summed E-state index contributed by atoms with van der Waals surface area (Å²) in [5.41, 5.74) is 5.93. The average Bonchev–Trinajstić information content (AvgIpc) is 2.05. The third kappa shape index (κ3) is 3.31. The van der Waals surface area contributed by atoms with Gasteiger partial charge in [0.1, 0.15) is 0 Å². The molecule has 0 unspecified atom stereocenters. The minimum atomic E-state index is -3.58. The van der Waals surface area contributed by atoms with E-state index in [-0.39, 0.29) is 28.9 Å². The molecule has 1 rings (SSSR count). The molecular formula is C8H14AlNO3S. The van der Waals surface area contributed by atoms with Gasteiger partial charge in [-0.2, -0.15) is 8.42 Å². The van der Waals surface area contributed by atoms with Gasteiger partial charge in [0.25, 0.3) is 10.1 Å². The van der Waals surface area contributed by atoms with Crippen LogP contribution < -0.4 is 5.73 Å². The highest BCUT2D eigenvalue weighted by Crippen LogP contribution is 2.13. The number of nitrogen functional groups attached to an aromatic ring is 1. The first-order valence-corrected chi connectivity index (χ1v) is 5.22. The number of hydrogen-bond donors (Lipinski definition) is 1. The van der Waals surface area contributed by atoms with Crippen LogP contribution in [0.25, 0.3) is 0 Å². The molecule has 0 amide bonds. The second-order valence-electron chi connectivity index (χ2n) is 2.43. The molecule has 0 spiro atoms. The van der Waals surface area contributed by atoms with Gasteiger partial charge in [-0.05, 0) is 31.2 Å². The number of benzene rings is 1. The zero-order valence-corrected chi connectivity index (χ0v) is 8.04. The Kier molecular flexibility index (Phi) is 5.16. The minimum absolute atomic E-state index is 0. The van der Waals surface area contributed by atoms with Crippen molar-refractivity contribution in [2.24, 2.45) is 0 Å². The smallest absolute Gasteiger partial charge is 0.296 e. The fourth-order valence-electron chi connectivity index (χ4n) is 0.858. The predicted octanol–water partition coefficient (Wildman–Crippen LogP) is -0.190. The lowest BCUT2D eigenvalue weighted by molar-refractivity contribution is 0.338. The van der Waals surface area contributed by atoms with Crippen molar-refractivity contribution in [3.63, 3.8) is 0 Å². The van der Waals surface area contributed by atoms with Gasteiger partial charge < -0.3 is 5.73 Å². The number of hydrogen-bond acceptors (Lipinski definition) is 4. The Labute approximate surface area is 94.3 Å². The van der Waals surface area contributed by atoms with Crippen molar-refractivity contribution in [1.29, 1.82) is 0 Å². The molecule has 0 aromatic heterocycles. The van der Waals surface area contributed by atoms with Crippen LogP contribution in [0.2, 0.25) is 0 Å². The minimum Gasteiger partial charge on any atom is -0.399 e. The maximum atomic E-state index is 11.3. The molecule has 14 heavy (non-hydrogen) atoms. The van der Waals surface area contributed by atoms with Gasteiger partial charge in [-0.15, -0.1) is 0 Å². The Morgan fingerprint density at radius 2 is 1.79 bits per heavy atom. The molecule has 0 atom stereocenters. The molecule has 0 saturated carbocycles. The Morgan fingerprint density at radius 3 is 2.21 bits per heavy atom. The van der Waals surface area contributed by atoms with Crippen molar-refractivity contribution < 1.29 is 12.6 Å². The summed E-state index contributed by atoms with van der Waals surface area (Å²) in [4.78, 5) is 0.128. The second kappa shape index (κ2) is 5.37. The van der Waals surface area contributed by atoms with E-state index in [2.05, 4.69) is 4.18 Å². The van der Waals surface area contributed by atoms with Crippen LogP contribution in [0.15, 0.2) is 29.2 Å². The maximum Gasteiger partial charge on any atom is 0.296 e. The van der Waals surface area contributed by atoms with E-state index in [1.807, 2.05) is 0 Å². The van der Waals surface area contributed by atoms with Crippen molar-refractivity contribution in [3.8, 4) is 0 Å². The summed E-state index contributed by atoms with van der Waals surface area (Å²) in [5, 5.41) is 0. The van der Waals surface area contributed by atoms with Crippen LogP contribution in [0.4, 0.5) is 5.69 Å². The van der Waals surface area contributed by atoms with Crippen LogP contribution in [0, 0.1) is 0 Å². The first-order valence-electron chi connectivity index (χ1n) is 3.81. The lowest BCUT2D eigenvalue weighted by Gasteiger charge is -2.02. The highest BCUT2D eigenvalue weighted by molar-refractivity contribution is 7.86. The van der Waals surface area contributed by atoms with Gasteiger partial charge >= 0.3 is 0 Å². The van der Waals surface area contributed by atoms with E-state index in [0.29, 0.717) is 5.69 Å². The molecular weight excluding hydrogens is 217 g/mol. The molecule has 0 heterocycles. The average molecular weight is 231 g/mol. The standard InChI is InChI=1S/C8H11NO3S.Al.3H/c1-2-12-13(10,11)8-5-3-7(9)4-6-8;;;;/h3-6H,2,9H2,1H3;;;;. The third-order valence-corrected chi connectivity index (χ3v) is 2.84. The summed E-state index contributed by atoms with van der Waals surface area (Å²) >= 11 is 0. The fourth-order valence-corrected chi connectivity index (χ4v) is 1.77. The molecule has 0 aliphatic heterocycles. The highest BCUT2D eigenvalue weighted by atomic mass is 32.2. The summed E-state index contributed by atoms with van der Waals surface area (Å²) in [6, 6.07) is 5.87. The first kappa shape index (κ1) is 13.5. The molecule has 0 bridgehead atoms. The summed E-state index contributed by atoms with van der Waals surface area (Å²) in [5.74, 6) is 0. The van der Waals surface area contributed by atoms with E-state index < -0.39 is 10.1 Å². The van der Waals surface area contributed by atoms with Crippen LogP contribution in [0.3, 0.4) is 0 Å². The Balaban J connectivity index is 0.00000169.